The van der Waals surface area contributed by atoms with Crippen molar-refractivity contribution in [3.05, 3.63) is 0 Å². The van der Waals surface area contributed by atoms with Crippen molar-refractivity contribution in [3.8, 4) is 0 Å². The highest BCUT2D eigenvalue weighted by atomic mass is 16.6. The molecule has 4 nitrogen and oxygen atoms in total. The SMILES string of the molecule is CCCOC(=O)N1CCNC(C)C1. The van der Waals surface area contributed by atoms with Crippen molar-refractivity contribution < 1.29 is 9.53 Å². The van der Waals surface area contributed by atoms with Gasteiger partial charge in [0.15, 0.2) is 0 Å². The second-order valence-corrected chi connectivity index (χ2v) is 3.42. The van der Waals surface area contributed by atoms with Crippen molar-refractivity contribution in [2.24, 2.45) is 0 Å². The third-order valence-electron chi connectivity index (χ3n) is 2.06. The van der Waals surface area contributed by atoms with Crippen LogP contribution in [0.5, 0.6) is 0 Å². The number of hydrogen-bond acceptors (Lipinski definition) is 3. The van der Waals surface area contributed by atoms with Crippen molar-refractivity contribution in [2.45, 2.75) is 26.3 Å². The van der Waals surface area contributed by atoms with Crippen LogP contribution in [0.25, 0.3) is 0 Å². The number of rotatable bonds is 2. The zero-order valence-electron chi connectivity index (χ0n) is 8.38. The summed E-state index contributed by atoms with van der Waals surface area (Å²) in [5.41, 5.74) is 0. The summed E-state index contributed by atoms with van der Waals surface area (Å²) >= 11 is 0. The molecular formula is C9H18N2O2. The minimum absolute atomic E-state index is 0.171. The molecule has 1 saturated heterocycles. The fraction of sp³-hybridized carbons (Fsp3) is 0.889. The molecule has 1 unspecified atom stereocenters. The molecule has 0 radical (unpaired) electrons. The van der Waals surface area contributed by atoms with E-state index in [1.807, 2.05) is 6.92 Å². The van der Waals surface area contributed by atoms with Crippen LogP contribution in [0, 0.1) is 0 Å². The molecule has 1 aliphatic rings. The van der Waals surface area contributed by atoms with Gasteiger partial charge >= 0.3 is 6.09 Å². The average molecular weight is 186 g/mol. The predicted molar refractivity (Wildman–Crippen MR) is 50.7 cm³/mol. The molecule has 1 atom stereocenters. The minimum atomic E-state index is -0.171. The van der Waals surface area contributed by atoms with Crippen molar-refractivity contribution in [2.75, 3.05) is 26.2 Å². The lowest BCUT2D eigenvalue weighted by molar-refractivity contribution is 0.0919. The van der Waals surface area contributed by atoms with Gasteiger partial charge in [-0.25, -0.2) is 4.79 Å². The number of carbonyl (C=O) groups is 1. The van der Waals surface area contributed by atoms with Gasteiger partial charge in [-0.2, -0.15) is 0 Å². The van der Waals surface area contributed by atoms with Gasteiger partial charge in [0.1, 0.15) is 0 Å². The third-order valence-corrected chi connectivity index (χ3v) is 2.06. The molecule has 1 N–H and O–H groups in total. The second kappa shape index (κ2) is 5.07. The molecule has 1 aliphatic heterocycles. The van der Waals surface area contributed by atoms with Gasteiger partial charge < -0.3 is 15.0 Å². The maximum atomic E-state index is 11.4. The molecule has 0 bridgehead atoms. The maximum absolute atomic E-state index is 11.4. The van der Waals surface area contributed by atoms with Gasteiger partial charge in [-0.05, 0) is 13.3 Å². The summed E-state index contributed by atoms with van der Waals surface area (Å²) in [6.45, 7) is 6.96. The Hall–Kier alpha value is -0.770. The largest absolute Gasteiger partial charge is 0.449 e. The molecule has 0 spiro atoms. The molecule has 1 amide bonds. The van der Waals surface area contributed by atoms with Gasteiger partial charge in [-0.15, -0.1) is 0 Å². The molecule has 76 valence electrons. The molecule has 4 heteroatoms. The van der Waals surface area contributed by atoms with Gasteiger partial charge in [0.2, 0.25) is 0 Å². The molecule has 0 saturated carbocycles. The first kappa shape index (κ1) is 10.3. The normalized spacial score (nSPS) is 22.9. The Morgan fingerprint density at radius 2 is 2.46 bits per heavy atom. The monoisotopic (exact) mass is 186 g/mol. The lowest BCUT2D eigenvalue weighted by Gasteiger charge is -2.30. The number of amides is 1. The molecule has 1 heterocycles. The Kier molecular flexibility index (Phi) is 4.02. The maximum Gasteiger partial charge on any atom is 0.409 e. The van der Waals surface area contributed by atoms with E-state index < -0.39 is 0 Å². The number of hydrogen-bond donors (Lipinski definition) is 1. The molecule has 1 rings (SSSR count). The van der Waals surface area contributed by atoms with Crippen LogP contribution in [-0.2, 0) is 4.74 Å². The number of nitrogens with zero attached hydrogens (tertiary/aromatic N) is 1. The number of piperazine rings is 1. The van der Waals surface area contributed by atoms with E-state index in [-0.39, 0.29) is 6.09 Å². The summed E-state index contributed by atoms with van der Waals surface area (Å²) in [6, 6.07) is 0.378. The van der Waals surface area contributed by atoms with Crippen molar-refractivity contribution in [3.63, 3.8) is 0 Å². The van der Waals surface area contributed by atoms with Gasteiger partial charge in [-0.1, -0.05) is 6.92 Å². The lowest BCUT2D eigenvalue weighted by atomic mass is 10.2. The standard InChI is InChI=1S/C9H18N2O2/c1-3-6-13-9(12)11-5-4-10-8(2)7-11/h8,10H,3-7H2,1-2H3. The summed E-state index contributed by atoms with van der Waals surface area (Å²) in [7, 11) is 0. The van der Waals surface area contributed by atoms with Crippen LogP contribution in [0.4, 0.5) is 4.79 Å². The molecule has 13 heavy (non-hydrogen) atoms. The van der Waals surface area contributed by atoms with Crippen LogP contribution in [0.15, 0.2) is 0 Å². The summed E-state index contributed by atoms with van der Waals surface area (Å²) in [4.78, 5) is 13.1. The first-order chi connectivity index (χ1) is 6.24. The fourth-order valence-electron chi connectivity index (χ4n) is 1.38. The van der Waals surface area contributed by atoms with Crippen LogP contribution >= 0.6 is 0 Å². The Morgan fingerprint density at radius 3 is 3.08 bits per heavy atom. The van der Waals surface area contributed by atoms with E-state index in [2.05, 4.69) is 12.2 Å². The zero-order chi connectivity index (χ0) is 9.68. The smallest absolute Gasteiger partial charge is 0.409 e. The van der Waals surface area contributed by atoms with Gasteiger partial charge in [0.05, 0.1) is 6.61 Å². The minimum Gasteiger partial charge on any atom is -0.449 e. The molecule has 0 aromatic heterocycles. The van der Waals surface area contributed by atoms with Crippen LogP contribution in [0.1, 0.15) is 20.3 Å². The zero-order valence-corrected chi connectivity index (χ0v) is 8.38. The molecule has 0 aliphatic carbocycles. The Labute approximate surface area is 79.2 Å². The Bertz CT molecular complexity index is 173. The average Bonchev–Trinajstić information content (AvgIpc) is 2.14. The summed E-state index contributed by atoms with van der Waals surface area (Å²) in [5, 5.41) is 3.27. The number of ether oxygens (including phenoxy) is 1. The number of nitrogens with one attached hydrogen (secondary N) is 1. The topological polar surface area (TPSA) is 41.6 Å². The van der Waals surface area contributed by atoms with E-state index in [0.29, 0.717) is 12.6 Å². The summed E-state index contributed by atoms with van der Waals surface area (Å²) in [6.07, 6.45) is 0.711. The van der Waals surface area contributed by atoms with E-state index in [0.717, 1.165) is 26.1 Å². The molecule has 0 aromatic carbocycles. The molecule has 0 aromatic rings. The van der Waals surface area contributed by atoms with Gasteiger partial charge in [0.25, 0.3) is 0 Å². The molecule has 1 fully saturated rings. The predicted octanol–water partition coefficient (Wildman–Crippen LogP) is 0.827. The van der Waals surface area contributed by atoms with Crippen molar-refractivity contribution in [1.82, 2.24) is 10.2 Å². The lowest BCUT2D eigenvalue weighted by Crippen LogP contribution is -2.51. The Balaban J connectivity index is 2.28. The highest BCUT2D eigenvalue weighted by molar-refractivity contribution is 5.67. The van der Waals surface area contributed by atoms with Crippen molar-refractivity contribution >= 4 is 6.09 Å². The van der Waals surface area contributed by atoms with E-state index in [4.69, 9.17) is 4.74 Å². The van der Waals surface area contributed by atoms with E-state index >= 15 is 0 Å². The van der Waals surface area contributed by atoms with Gasteiger partial charge in [-0.3, -0.25) is 0 Å². The molecular weight excluding hydrogens is 168 g/mol. The van der Waals surface area contributed by atoms with E-state index in [9.17, 15) is 4.79 Å². The fourth-order valence-corrected chi connectivity index (χ4v) is 1.38. The highest BCUT2D eigenvalue weighted by Crippen LogP contribution is 2.01. The van der Waals surface area contributed by atoms with Crippen LogP contribution in [-0.4, -0.2) is 43.3 Å². The van der Waals surface area contributed by atoms with E-state index in [1.165, 1.54) is 0 Å². The van der Waals surface area contributed by atoms with Crippen molar-refractivity contribution in [1.29, 1.82) is 0 Å². The number of carbonyl (C=O) groups excluding carboxylic acids is 1. The first-order valence-corrected chi connectivity index (χ1v) is 4.89. The highest BCUT2D eigenvalue weighted by Gasteiger charge is 2.20. The quantitative estimate of drug-likeness (QED) is 0.694. The summed E-state index contributed by atoms with van der Waals surface area (Å²) in [5.74, 6) is 0. The van der Waals surface area contributed by atoms with Crippen LogP contribution < -0.4 is 5.32 Å². The third kappa shape index (κ3) is 3.22. The summed E-state index contributed by atoms with van der Waals surface area (Å²) < 4.78 is 5.04. The first-order valence-electron chi connectivity index (χ1n) is 4.89. The second-order valence-electron chi connectivity index (χ2n) is 3.42. The van der Waals surface area contributed by atoms with Gasteiger partial charge in [0, 0.05) is 25.7 Å². The van der Waals surface area contributed by atoms with Crippen LogP contribution in [0.3, 0.4) is 0 Å². The Morgan fingerprint density at radius 1 is 1.69 bits per heavy atom. The van der Waals surface area contributed by atoms with Crippen LogP contribution in [0.2, 0.25) is 0 Å². The van der Waals surface area contributed by atoms with E-state index in [1.54, 1.807) is 4.90 Å².